The first-order valence-corrected chi connectivity index (χ1v) is 3.71. The van der Waals surface area contributed by atoms with Crippen LogP contribution in [0.1, 0.15) is 16.8 Å². The smallest absolute Gasteiger partial charge is 0.179 e. The summed E-state index contributed by atoms with van der Waals surface area (Å²) in [5.74, 6) is -2.89. The van der Waals surface area contributed by atoms with Crippen LogP contribution in [-0.2, 0) is 0 Å². The number of benzene rings is 1. The highest BCUT2D eigenvalue weighted by Gasteiger charge is 2.13. The van der Waals surface area contributed by atoms with E-state index in [4.69, 9.17) is 11.0 Å². The van der Waals surface area contributed by atoms with Crippen LogP contribution in [0.15, 0.2) is 12.1 Å². The van der Waals surface area contributed by atoms with Gasteiger partial charge in [-0.25, -0.2) is 8.78 Å². The fraction of sp³-hybridized carbons (Fsp3) is 0.111. The third kappa shape index (κ3) is 1.85. The van der Waals surface area contributed by atoms with Gasteiger partial charge in [-0.2, -0.15) is 5.26 Å². The summed E-state index contributed by atoms with van der Waals surface area (Å²) in [7, 11) is 0. The number of carbonyl (C=O) groups excluding carboxylic acids is 1. The van der Waals surface area contributed by atoms with Crippen molar-refractivity contribution in [1.82, 2.24) is 0 Å². The van der Waals surface area contributed by atoms with E-state index in [9.17, 15) is 13.6 Å². The van der Waals surface area contributed by atoms with E-state index in [1.807, 2.05) is 0 Å². The van der Waals surface area contributed by atoms with E-state index in [0.717, 1.165) is 6.07 Å². The van der Waals surface area contributed by atoms with Crippen molar-refractivity contribution in [3.8, 4) is 6.07 Å². The van der Waals surface area contributed by atoms with E-state index in [1.165, 1.54) is 0 Å². The normalized spacial score (nSPS) is 9.50. The molecule has 0 radical (unpaired) electrons. The first-order chi connectivity index (χ1) is 6.56. The number of Topliss-reactive ketones (excluding diaryl/α,β-unsaturated/α-hetero) is 1. The van der Waals surface area contributed by atoms with Gasteiger partial charge in [0.1, 0.15) is 0 Å². The molecule has 1 aromatic rings. The molecule has 0 bridgehead atoms. The van der Waals surface area contributed by atoms with Gasteiger partial charge in [0.05, 0.1) is 12.5 Å². The summed E-state index contributed by atoms with van der Waals surface area (Å²) in [6.45, 7) is 0. The first-order valence-electron chi connectivity index (χ1n) is 3.71. The highest BCUT2D eigenvalue weighted by Crippen LogP contribution is 2.18. The van der Waals surface area contributed by atoms with Gasteiger partial charge in [0.15, 0.2) is 17.4 Å². The number of nitriles is 1. The lowest BCUT2D eigenvalue weighted by Gasteiger charge is -2.02. The Bertz CT molecular complexity index is 424. The number of hydrogen-bond donors (Lipinski definition) is 1. The lowest BCUT2D eigenvalue weighted by atomic mass is 10.1. The zero-order valence-corrected chi connectivity index (χ0v) is 7.05. The monoisotopic (exact) mass is 196 g/mol. The third-order valence-corrected chi connectivity index (χ3v) is 1.63. The van der Waals surface area contributed by atoms with Crippen molar-refractivity contribution in [2.45, 2.75) is 6.42 Å². The van der Waals surface area contributed by atoms with E-state index in [2.05, 4.69) is 0 Å². The second-order valence-electron chi connectivity index (χ2n) is 2.61. The van der Waals surface area contributed by atoms with Crippen molar-refractivity contribution in [2.24, 2.45) is 0 Å². The molecule has 0 spiro atoms. The van der Waals surface area contributed by atoms with Gasteiger partial charge in [0, 0.05) is 17.3 Å². The summed E-state index contributed by atoms with van der Waals surface area (Å²) >= 11 is 0. The molecule has 0 aliphatic carbocycles. The number of halogens is 2. The van der Waals surface area contributed by atoms with Crippen molar-refractivity contribution >= 4 is 11.5 Å². The molecule has 0 unspecified atom stereocenters. The molecule has 0 heterocycles. The molecule has 0 saturated heterocycles. The maximum absolute atomic E-state index is 12.7. The minimum absolute atomic E-state index is 0.162. The Morgan fingerprint density at radius 1 is 1.43 bits per heavy atom. The summed E-state index contributed by atoms with van der Waals surface area (Å²) in [6.07, 6.45) is -0.407. The van der Waals surface area contributed by atoms with Gasteiger partial charge >= 0.3 is 0 Å². The topological polar surface area (TPSA) is 66.9 Å². The van der Waals surface area contributed by atoms with E-state index < -0.39 is 23.8 Å². The second kappa shape index (κ2) is 3.83. The Morgan fingerprint density at radius 2 is 2.00 bits per heavy atom. The van der Waals surface area contributed by atoms with Crippen LogP contribution in [0.25, 0.3) is 0 Å². The fourth-order valence-electron chi connectivity index (χ4n) is 0.971. The molecule has 0 aromatic heterocycles. The predicted molar refractivity (Wildman–Crippen MR) is 45.3 cm³/mol. The van der Waals surface area contributed by atoms with Gasteiger partial charge in [0.2, 0.25) is 0 Å². The van der Waals surface area contributed by atoms with Gasteiger partial charge in [0.25, 0.3) is 0 Å². The van der Waals surface area contributed by atoms with Crippen LogP contribution >= 0.6 is 0 Å². The van der Waals surface area contributed by atoms with Gasteiger partial charge in [-0.15, -0.1) is 0 Å². The van der Waals surface area contributed by atoms with Gasteiger partial charge in [-0.1, -0.05) is 0 Å². The minimum atomic E-state index is -1.15. The van der Waals surface area contributed by atoms with E-state index in [1.54, 1.807) is 6.07 Å². The van der Waals surface area contributed by atoms with Crippen LogP contribution in [0.3, 0.4) is 0 Å². The van der Waals surface area contributed by atoms with Crippen LogP contribution < -0.4 is 5.73 Å². The summed E-state index contributed by atoms with van der Waals surface area (Å²) in [4.78, 5) is 11.1. The molecular formula is C9H6F2N2O. The fourth-order valence-corrected chi connectivity index (χ4v) is 0.971. The number of nitrogen functional groups attached to an aromatic ring is 1. The predicted octanol–water partition coefficient (Wildman–Crippen LogP) is 1.64. The van der Waals surface area contributed by atoms with Gasteiger partial charge in [-0.05, 0) is 6.07 Å². The minimum Gasteiger partial charge on any atom is -0.398 e. The molecule has 0 atom stereocenters. The maximum Gasteiger partial charge on any atom is 0.179 e. The molecule has 0 aliphatic rings. The molecule has 1 rings (SSSR count). The molecular weight excluding hydrogens is 190 g/mol. The molecule has 14 heavy (non-hydrogen) atoms. The molecule has 3 nitrogen and oxygen atoms in total. The summed E-state index contributed by atoms with van der Waals surface area (Å²) in [6, 6.07) is 3.03. The van der Waals surface area contributed by atoms with Crippen molar-refractivity contribution < 1.29 is 13.6 Å². The first kappa shape index (κ1) is 10.1. The van der Waals surface area contributed by atoms with Crippen molar-refractivity contribution in [3.63, 3.8) is 0 Å². The molecule has 0 fully saturated rings. The standard InChI is InChI=1S/C9H6F2N2O/c10-6-3-5(9(14)1-2-12)8(13)4-7(6)11/h3-4H,1,13H2. The van der Waals surface area contributed by atoms with Crippen LogP contribution in [0, 0.1) is 23.0 Å². The van der Waals surface area contributed by atoms with Gasteiger partial charge in [-0.3, -0.25) is 4.79 Å². The third-order valence-electron chi connectivity index (χ3n) is 1.63. The lowest BCUT2D eigenvalue weighted by Crippen LogP contribution is -2.04. The summed E-state index contributed by atoms with van der Waals surface area (Å²) < 4.78 is 25.3. The Balaban J connectivity index is 3.17. The number of carbonyl (C=O) groups is 1. The van der Waals surface area contributed by atoms with Gasteiger partial charge < -0.3 is 5.73 Å². The Hall–Kier alpha value is -1.96. The number of nitrogens with zero attached hydrogens (tertiary/aromatic N) is 1. The number of anilines is 1. The highest BCUT2D eigenvalue weighted by atomic mass is 19.2. The molecule has 0 amide bonds. The molecule has 0 saturated carbocycles. The number of nitrogens with two attached hydrogens (primary N) is 1. The van der Waals surface area contributed by atoms with Crippen LogP contribution in [0.4, 0.5) is 14.5 Å². The quantitative estimate of drug-likeness (QED) is 0.577. The Labute approximate surface area is 78.8 Å². The van der Waals surface area contributed by atoms with Crippen LogP contribution in [-0.4, -0.2) is 5.78 Å². The Morgan fingerprint density at radius 3 is 2.57 bits per heavy atom. The zero-order valence-electron chi connectivity index (χ0n) is 7.05. The van der Waals surface area contributed by atoms with E-state index in [-0.39, 0.29) is 11.3 Å². The molecule has 72 valence electrons. The van der Waals surface area contributed by atoms with Crippen molar-refractivity contribution in [1.29, 1.82) is 5.26 Å². The largest absolute Gasteiger partial charge is 0.398 e. The lowest BCUT2D eigenvalue weighted by molar-refractivity contribution is 0.0998. The summed E-state index contributed by atoms with van der Waals surface area (Å²) in [5.41, 5.74) is 4.96. The van der Waals surface area contributed by atoms with Crippen molar-refractivity contribution in [3.05, 3.63) is 29.3 Å². The number of hydrogen-bond acceptors (Lipinski definition) is 3. The van der Waals surface area contributed by atoms with Crippen molar-refractivity contribution in [2.75, 3.05) is 5.73 Å². The van der Waals surface area contributed by atoms with Crippen LogP contribution in [0.2, 0.25) is 0 Å². The molecule has 5 heteroatoms. The zero-order chi connectivity index (χ0) is 10.7. The SMILES string of the molecule is N#CCC(=O)c1cc(F)c(F)cc1N. The molecule has 0 aliphatic heterocycles. The highest BCUT2D eigenvalue weighted by molar-refractivity contribution is 6.01. The Kier molecular flexibility index (Phi) is 2.77. The molecule has 1 aromatic carbocycles. The summed E-state index contributed by atoms with van der Waals surface area (Å²) in [5, 5.41) is 8.23. The second-order valence-corrected chi connectivity index (χ2v) is 2.61. The average molecular weight is 196 g/mol. The maximum atomic E-state index is 12.7. The average Bonchev–Trinajstić information content (AvgIpc) is 2.11. The molecule has 2 N–H and O–H groups in total. The van der Waals surface area contributed by atoms with E-state index >= 15 is 0 Å². The number of ketones is 1. The number of rotatable bonds is 2. The van der Waals surface area contributed by atoms with Crippen LogP contribution in [0.5, 0.6) is 0 Å². The van der Waals surface area contributed by atoms with E-state index in [0.29, 0.717) is 6.07 Å².